The third-order valence-electron chi connectivity index (χ3n) is 3.08. The molecule has 0 spiro atoms. The van der Waals surface area contributed by atoms with Crippen molar-refractivity contribution in [2.24, 2.45) is 0 Å². The van der Waals surface area contributed by atoms with Crippen molar-refractivity contribution >= 4 is 18.2 Å². The fourth-order valence-electron chi connectivity index (χ4n) is 1.76. The Morgan fingerprint density at radius 3 is 2.00 bits per heavy atom. The number of carbonyl (C=O) groups is 3. The molecule has 5 heteroatoms. The van der Waals surface area contributed by atoms with E-state index in [1.165, 1.54) is 18.2 Å². The molecule has 120 valence electrons. The predicted molar refractivity (Wildman–Crippen MR) is 82.2 cm³/mol. The minimum atomic E-state index is -0.611. The summed E-state index contributed by atoms with van der Waals surface area (Å²) in [6.07, 6.45) is 3.93. The van der Waals surface area contributed by atoms with Gasteiger partial charge in [0.15, 0.2) is 0 Å². The van der Waals surface area contributed by atoms with Crippen LogP contribution < -0.4 is 0 Å². The first kappa shape index (κ1) is 17.9. The number of unbranched alkanes of at least 4 members (excludes halogenated alkanes) is 2. The zero-order chi connectivity index (χ0) is 16.4. The minimum Gasteiger partial charge on any atom is -0.462 e. The molecule has 0 bridgehead atoms. The lowest BCUT2D eigenvalue weighted by Gasteiger charge is -2.10. The van der Waals surface area contributed by atoms with Gasteiger partial charge in [0.1, 0.15) is 6.29 Å². The first-order valence-corrected chi connectivity index (χ1v) is 7.57. The first-order valence-electron chi connectivity index (χ1n) is 7.57. The van der Waals surface area contributed by atoms with Gasteiger partial charge in [0.25, 0.3) is 0 Å². The maximum atomic E-state index is 12.1. The minimum absolute atomic E-state index is 0.0715. The molecule has 0 saturated carbocycles. The van der Waals surface area contributed by atoms with Crippen LogP contribution in [0.3, 0.4) is 0 Å². The van der Waals surface area contributed by atoms with Crippen LogP contribution in [0.5, 0.6) is 0 Å². The number of ether oxygens (including phenoxy) is 2. The lowest BCUT2D eigenvalue weighted by molar-refractivity contribution is 0.0452. The summed E-state index contributed by atoms with van der Waals surface area (Å²) in [6.45, 7) is 4.56. The fraction of sp³-hybridized carbons (Fsp3) is 0.471. The maximum absolute atomic E-state index is 12.1. The smallest absolute Gasteiger partial charge is 0.339 e. The summed E-state index contributed by atoms with van der Waals surface area (Å²) < 4.78 is 10.2. The number of carbonyl (C=O) groups excluding carboxylic acids is 3. The van der Waals surface area contributed by atoms with Crippen molar-refractivity contribution in [1.29, 1.82) is 0 Å². The molecule has 1 rings (SSSR count). The Morgan fingerprint density at radius 1 is 0.955 bits per heavy atom. The van der Waals surface area contributed by atoms with E-state index in [-0.39, 0.29) is 17.7 Å². The van der Waals surface area contributed by atoms with Gasteiger partial charge >= 0.3 is 11.9 Å². The highest BCUT2D eigenvalue weighted by Gasteiger charge is 2.20. The van der Waals surface area contributed by atoms with Crippen LogP contribution in [-0.4, -0.2) is 31.4 Å². The van der Waals surface area contributed by atoms with E-state index in [0.29, 0.717) is 18.5 Å². The van der Waals surface area contributed by atoms with Gasteiger partial charge in [-0.3, -0.25) is 4.79 Å². The Kier molecular flexibility index (Phi) is 7.89. The SMILES string of the molecule is CCCCOC(=O)c1ccc(C=O)cc1C(=O)OCCCC. The molecule has 0 N–H and O–H groups in total. The highest BCUT2D eigenvalue weighted by Crippen LogP contribution is 2.15. The number of hydrogen-bond acceptors (Lipinski definition) is 5. The van der Waals surface area contributed by atoms with Crippen LogP contribution >= 0.6 is 0 Å². The molecule has 5 nitrogen and oxygen atoms in total. The van der Waals surface area contributed by atoms with Gasteiger partial charge in [-0.1, -0.05) is 32.8 Å². The monoisotopic (exact) mass is 306 g/mol. The molecule has 22 heavy (non-hydrogen) atoms. The molecule has 0 aliphatic carbocycles. The molecule has 0 fully saturated rings. The highest BCUT2D eigenvalue weighted by atomic mass is 16.5. The van der Waals surface area contributed by atoms with Crippen molar-refractivity contribution in [3.8, 4) is 0 Å². The molecule has 1 aromatic rings. The first-order chi connectivity index (χ1) is 10.6. The molecule has 0 radical (unpaired) electrons. The van der Waals surface area contributed by atoms with Crippen molar-refractivity contribution in [2.75, 3.05) is 13.2 Å². The number of hydrogen-bond donors (Lipinski definition) is 0. The van der Waals surface area contributed by atoms with Gasteiger partial charge in [-0.25, -0.2) is 9.59 Å². The van der Waals surface area contributed by atoms with Crippen molar-refractivity contribution in [3.05, 3.63) is 34.9 Å². The van der Waals surface area contributed by atoms with E-state index in [2.05, 4.69) is 0 Å². The summed E-state index contributed by atoms with van der Waals surface area (Å²) in [5.41, 5.74) is 0.512. The summed E-state index contributed by atoms with van der Waals surface area (Å²) >= 11 is 0. The van der Waals surface area contributed by atoms with Crippen molar-refractivity contribution in [3.63, 3.8) is 0 Å². The van der Waals surface area contributed by atoms with Gasteiger partial charge in [-0.05, 0) is 25.0 Å². The quantitative estimate of drug-likeness (QED) is 0.397. The lowest BCUT2D eigenvalue weighted by Crippen LogP contribution is -2.15. The third-order valence-corrected chi connectivity index (χ3v) is 3.08. The van der Waals surface area contributed by atoms with Crippen molar-refractivity contribution in [1.82, 2.24) is 0 Å². The number of rotatable bonds is 9. The number of benzene rings is 1. The molecule has 1 aromatic carbocycles. The van der Waals surface area contributed by atoms with Gasteiger partial charge in [0.2, 0.25) is 0 Å². The molecule has 0 aliphatic heterocycles. The van der Waals surface area contributed by atoms with Crippen LogP contribution in [0.25, 0.3) is 0 Å². The van der Waals surface area contributed by atoms with Gasteiger partial charge in [-0.15, -0.1) is 0 Å². The van der Waals surface area contributed by atoms with Crippen LogP contribution in [0, 0.1) is 0 Å². The van der Waals surface area contributed by atoms with Crippen LogP contribution in [0.15, 0.2) is 18.2 Å². The van der Waals surface area contributed by atoms with Gasteiger partial charge in [0.05, 0.1) is 24.3 Å². The summed E-state index contributed by atoms with van der Waals surface area (Å²) in [7, 11) is 0. The van der Waals surface area contributed by atoms with E-state index in [0.717, 1.165) is 25.7 Å². The van der Waals surface area contributed by atoms with E-state index >= 15 is 0 Å². The Hall–Kier alpha value is -2.17. The molecular formula is C17H22O5. The molecule has 0 aliphatic rings. The fourth-order valence-corrected chi connectivity index (χ4v) is 1.76. The Balaban J connectivity index is 2.93. The number of esters is 2. The average Bonchev–Trinajstić information content (AvgIpc) is 2.54. The molecular weight excluding hydrogens is 284 g/mol. The average molecular weight is 306 g/mol. The van der Waals surface area contributed by atoms with Crippen LogP contribution in [0.1, 0.15) is 70.6 Å². The van der Waals surface area contributed by atoms with E-state index in [1.54, 1.807) is 0 Å². The molecule has 0 unspecified atom stereocenters. The van der Waals surface area contributed by atoms with Gasteiger partial charge in [-0.2, -0.15) is 0 Å². The summed E-state index contributed by atoms with van der Waals surface area (Å²) in [6, 6.07) is 4.26. The van der Waals surface area contributed by atoms with E-state index in [9.17, 15) is 14.4 Å². The molecule has 0 heterocycles. The zero-order valence-corrected chi connectivity index (χ0v) is 13.1. The van der Waals surface area contributed by atoms with E-state index in [1.807, 2.05) is 13.8 Å². The second kappa shape index (κ2) is 9.71. The van der Waals surface area contributed by atoms with Crippen molar-refractivity contribution in [2.45, 2.75) is 39.5 Å². The molecule has 0 saturated heterocycles. The van der Waals surface area contributed by atoms with E-state index < -0.39 is 11.9 Å². The van der Waals surface area contributed by atoms with Crippen LogP contribution in [-0.2, 0) is 9.47 Å². The van der Waals surface area contributed by atoms with Gasteiger partial charge in [0, 0.05) is 5.56 Å². The van der Waals surface area contributed by atoms with Crippen LogP contribution in [0.2, 0.25) is 0 Å². The second-order valence-corrected chi connectivity index (χ2v) is 4.90. The standard InChI is InChI=1S/C17H22O5/c1-3-5-9-21-16(19)14-8-7-13(12-18)11-15(14)17(20)22-10-6-4-2/h7-8,11-12H,3-6,9-10H2,1-2H3. The Morgan fingerprint density at radius 2 is 1.50 bits per heavy atom. The number of aldehydes is 1. The summed E-state index contributed by atoms with van der Waals surface area (Å²) in [5.74, 6) is -1.19. The van der Waals surface area contributed by atoms with E-state index in [4.69, 9.17) is 9.47 Å². The normalized spacial score (nSPS) is 10.1. The van der Waals surface area contributed by atoms with Gasteiger partial charge < -0.3 is 9.47 Å². The Labute approximate surface area is 130 Å². The maximum Gasteiger partial charge on any atom is 0.339 e. The van der Waals surface area contributed by atoms with Crippen molar-refractivity contribution < 1.29 is 23.9 Å². The third kappa shape index (κ3) is 5.31. The lowest BCUT2D eigenvalue weighted by atomic mass is 10.0. The largest absolute Gasteiger partial charge is 0.462 e. The Bertz CT molecular complexity index is 522. The summed E-state index contributed by atoms with van der Waals surface area (Å²) in [5, 5.41) is 0. The second-order valence-electron chi connectivity index (χ2n) is 4.90. The molecule has 0 aromatic heterocycles. The molecule has 0 amide bonds. The topological polar surface area (TPSA) is 69.7 Å². The highest BCUT2D eigenvalue weighted by molar-refractivity contribution is 6.04. The van der Waals surface area contributed by atoms with Crippen LogP contribution in [0.4, 0.5) is 0 Å². The molecule has 0 atom stereocenters. The predicted octanol–water partition coefficient (Wildman–Crippen LogP) is 3.41. The summed E-state index contributed by atoms with van der Waals surface area (Å²) in [4.78, 5) is 35.0. The zero-order valence-electron chi connectivity index (χ0n) is 13.1.